The van der Waals surface area contributed by atoms with E-state index in [9.17, 15) is 0 Å². The van der Waals surface area contributed by atoms with Crippen LogP contribution < -0.4 is 5.32 Å². The molecule has 2 nitrogen and oxygen atoms in total. The lowest BCUT2D eigenvalue weighted by atomic mass is 9.94. The van der Waals surface area contributed by atoms with Crippen LogP contribution in [-0.2, 0) is 6.42 Å². The Morgan fingerprint density at radius 2 is 2.14 bits per heavy atom. The molecule has 0 unspecified atom stereocenters. The molecule has 1 saturated heterocycles. The van der Waals surface area contributed by atoms with E-state index < -0.39 is 0 Å². The standard InChI is InChI=1S/C11H18N2S/c1-3-10-13-11(8(2)14-10)9-4-6-12-7-5-9/h9,12H,3-7H2,1-2H3. The molecule has 0 amide bonds. The van der Waals surface area contributed by atoms with E-state index in [-0.39, 0.29) is 0 Å². The number of hydrogen-bond donors (Lipinski definition) is 1. The SMILES string of the molecule is CCc1nc(C2CCNCC2)c(C)s1. The number of rotatable bonds is 2. The van der Waals surface area contributed by atoms with E-state index in [1.807, 2.05) is 11.3 Å². The van der Waals surface area contributed by atoms with Crippen LogP contribution >= 0.6 is 11.3 Å². The highest BCUT2D eigenvalue weighted by molar-refractivity contribution is 7.11. The average molecular weight is 210 g/mol. The second-order valence-electron chi connectivity index (χ2n) is 3.93. The smallest absolute Gasteiger partial charge is 0.0928 e. The molecule has 0 spiro atoms. The molecule has 0 aromatic carbocycles. The number of hydrogen-bond acceptors (Lipinski definition) is 3. The zero-order chi connectivity index (χ0) is 9.97. The molecular weight excluding hydrogens is 192 g/mol. The number of aromatic nitrogens is 1. The van der Waals surface area contributed by atoms with Crippen molar-refractivity contribution in [2.24, 2.45) is 0 Å². The maximum atomic E-state index is 4.74. The van der Waals surface area contributed by atoms with Gasteiger partial charge >= 0.3 is 0 Å². The fourth-order valence-corrected chi connectivity index (χ4v) is 3.05. The van der Waals surface area contributed by atoms with Crippen molar-refractivity contribution < 1.29 is 0 Å². The summed E-state index contributed by atoms with van der Waals surface area (Å²) in [5.74, 6) is 0.716. The molecule has 1 N–H and O–H groups in total. The minimum absolute atomic E-state index is 0.716. The van der Waals surface area contributed by atoms with Gasteiger partial charge in [0, 0.05) is 10.8 Å². The normalized spacial score (nSPS) is 18.7. The van der Waals surface area contributed by atoms with Crippen molar-refractivity contribution in [3.8, 4) is 0 Å². The molecule has 0 atom stereocenters. The first-order valence-corrected chi connectivity index (χ1v) is 6.29. The summed E-state index contributed by atoms with van der Waals surface area (Å²) in [6.45, 7) is 6.71. The monoisotopic (exact) mass is 210 g/mol. The lowest BCUT2D eigenvalue weighted by Gasteiger charge is -2.21. The van der Waals surface area contributed by atoms with Crippen molar-refractivity contribution in [1.82, 2.24) is 10.3 Å². The summed E-state index contributed by atoms with van der Waals surface area (Å²) in [6.07, 6.45) is 3.60. The van der Waals surface area contributed by atoms with Gasteiger partial charge in [-0.05, 0) is 39.3 Å². The van der Waals surface area contributed by atoms with Crippen LogP contribution in [0.15, 0.2) is 0 Å². The first-order chi connectivity index (χ1) is 6.81. The Balaban J connectivity index is 2.17. The number of thiazole rings is 1. The Morgan fingerprint density at radius 3 is 2.71 bits per heavy atom. The predicted molar refractivity (Wildman–Crippen MR) is 61.1 cm³/mol. The second-order valence-corrected chi connectivity index (χ2v) is 5.21. The molecule has 1 aromatic heterocycles. The van der Waals surface area contributed by atoms with Crippen molar-refractivity contribution in [2.75, 3.05) is 13.1 Å². The van der Waals surface area contributed by atoms with E-state index in [4.69, 9.17) is 4.98 Å². The molecule has 1 aliphatic rings. The fourth-order valence-electron chi connectivity index (χ4n) is 2.09. The highest BCUT2D eigenvalue weighted by atomic mass is 32.1. The quantitative estimate of drug-likeness (QED) is 0.811. The van der Waals surface area contributed by atoms with E-state index in [0.29, 0.717) is 5.92 Å². The first kappa shape index (κ1) is 10.1. The fraction of sp³-hybridized carbons (Fsp3) is 0.727. The van der Waals surface area contributed by atoms with Crippen LogP contribution in [0.2, 0.25) is 0 Å². The maximum absolute atomic E-state index is 4.74. The van der Waals surface area contributed by atoms with E-state index in [2.05, 4.69) is 19.2 Å². The van der Waals surface area contributed by atoms with Crippen LogP contribution in [0.5, 0.6) is 0 Å². The molecule has 0 radical (unpaired) electrons. The number of nitrogens with zero attached hydrogens (tertiary/aromatic N) is 1. The molecule has 14 heavy (non-hydrogen) atoms. The van der Waals surface area contributed by atoms with Crippen LogP contribution in [-0.4, -0.2) is 18.1 Å². The van der Waals surface area contributed by atoms with Crippen molar-refractivity contribution in [3.05, 3.63) is 15.6 Å². The molecule has 78 valence electrons. The van der Waals surface area contributed by atoms with Gasteiger partial charge in [0.15, 0.2) is 0 Å². The summed E-state index contributed by atoms with van der Waals surface area (Å²) in [7, 11) is 0. The molecule has 1 fully saturated rings. The molecule has 1 aliphatic heterocycles. The molecule has 0 saturated carbocycles. The molecule has 0 bridgehead atoms. The Morgan fingerprint density at radius 1 is 1.43 bits per heavy atom. The van der Waals surface area contributed by atoms with Crippen LogP contribution in [0.1, 0.15) is 41.3 Å². The zero-order valence-corrected chi connectivity index (χ0v) is 9.78. The summed E-state index contributed by atoms with van der Waals surface area (Å²) >= 11 is 1.88. The summed E-state index contributed by atoms with van der Waals surface area (Å²) in [5, 5.41) is 4.70. The summed E-state index contributed by atoms with van der Waals surface area (Å²) in [4.78, 5) is 6.18. The topological polar surface area (TPSA) is 24.9 Å². The van der Waals surface area contributed by atoms with Crippen LogP contribution in [0.25, 0.3) is 0 Å². The van der Waals surface area contributed by atoms with Crippen molar-refractivity contribution >= 4 is 11.3 Å². The molecule has 0 aliphatic carbocycles. The maximum Gasteiger partial charge on any atom is 0.0928 e. The van der Waals surface area contributed by atoms with E-state index in [1.54, 1.807) is 0 Å². The average Bonchev–Trinajstić information content (AvgIpc) is 2.61. The number of piperidine rings is 1. The van der Waals surface area contributed by atoms with Gasteiger partial charge in [0.25, 0.3) is 0 Å². The van der Waals surface area contributed by atoms with Crippen LogP contribution in [0.4, 0.5) is 0 Å². The third-order valence-electron chi connectivity index (χ3n) is 2.91. The van der Waals surface area contributed by atoms with Gasteiger partial charge in [-0.15, -0.1) is 11.3 Å². The summed E-state index contributed by atoms with van der Waals surface area (Å²) < 4.78 is 0. The van der Waals surface area contributed by atoms with Crippen LogP contribution in [0, 0.1) is 6.92 Å². The molecular formula is C11H18N2S. The minimum atomic E-state index is 0.716. The van der Waals surface area contributed by atoms with Gasteiger partial charge in [0.2, 0.25) is 0 Å². The Bertz CT molecular complexity index is 300. The number of nitrogens with one attached hydrogen (secondary N) is 1. The summed E-state index contributed by atoms with van der Waals surface area (Å²) in [6, 6.07) is 0. The van der Waals surface area contributed by atoms with Gasteiger partial charge in [-0.1, -0.05) is 6.92 Å². The van der Waals surface area contributed by atoms with Crippen molar-refractivity contribution in [3.63, 3.8) is 0 Å². The predicted octanol–water partition coefficient (Wildman–Crippen LogP) is 2.48. The first-order valence-electron chi connectivity index (χ1n) is 5.48. The van der Waals surface area contributed by atoms with Gasteiger partial charge < -0.3 is 5.32 Å². The van der Waals surface area contributed by atoms with Crippen molar-refractivity contribution in [2.45, 2.75) is 39.0 Å². The van der Waals surface area contributed by atoms with Crippen LogP contribution in [0.3, 0.4) is 0 Å². The number of aryl methyl sites for hydroxylation is 2. The van der Waals surface area contributed by atoms with E-state index in [1.165, 1.54) is 28.4 Å². The highest BCUT2D eigenvalue weighted by Gasteiger charge is 2.20. The molecule has 1 aromatic rings. The third-order valence-corrected chi connectivity index (χ3v) is 4.04. The molecule has 2 rings (SSSR count). The Kier molecular flexibility index (Phi) is 3.19. The minimum Gasteiger partial charge on any atom is -0.317 e. The van der Waals surface area contributed by atoms with E-state index >= 15 is 0 Å². The lowest BCUT2D eigenvalue weighted by molar-refractivity contribution is 0.453. The van der Waals surface area contributed by atoms with Gasteiger partial charge in [0.05, 0.1) is 10.7 Å². The van der Waals surface area contributed by atoms with Gasteiger partial charge in [-0.25, -0.2) is 4.98 Å². The van der Waals surface area contributed by atoms with E-state index in [0.717, 1.165) is 19.5 Å². The largest absolute Gasteiger partial charge is 0.317 e. The Labute approximate surface area is 89.8 Å². The lowest BCUT2D eigenvalue weighted by Crippen LogP contribution is -2.27. The second kappa shape index (κ2) is 4.41. The Hall–Kier alpha value is -0.410. The van der Waals surface area contributed by atoms with Gasteiger partial charge in [-0.3, -0.25) is 0 Å². The highest BCUT2D eigenvalue weighted by Crippen LogP contribution is 2.30. The molecule has 2 heterocycles. The molecule has 3 heteroatoms. The summed E-state index contributed by atoms with van der Waals surface area (Å²) in [5.41, 5.74) is 1.38. The zero-order valence-electron chi connectivity index (χ0n) is 8.97. The third kappa shape index (κ3) is 1.98. The van der Waals surface area contributed by atoms with Gasteiger partial charge in [-0.2, -0.15) is 0 Å². The van der Waals surface area contributed by atoms with Crippen molar-refractivity contribution in [1.29, 1.82) is 0 Å². The van der Waals surface area contributed by atoms with Gasteiger partial charge in [0.1, 0.15) is 0 Å².